The number of carbonyl (C=O) groups is 16. The zero-order valence-corrected chi connectivity index (χ0v) is 74.8. The van der Waals surface area contributed by atoms with Gasteiger partial charge in [0.05, 0.1) is 31.1 Å². The number of primary amides is 1. The quantitative estimate of drug-likeness (QED) is 0.0462. The molecule has 0 unspecified atom stereocenters. The summed E-state index contributed by atoms with van der Waals surface area (Å²) in [5.41, 5.74) is 9.14. The van der Waals surface area contributed by atoms with Gasteiger partial charge in [-0.05, 0) is 89.4 Å². The number of aromatic amines is 1. The fourth-order valence-electron chi connectivity index (χ4n) is 15.2. The van der Waals surface area contributed by atoms with Gasteiger partial charge in [0.25, 0.3) is 0 Å². The van der Waals surface area contributed by atoms with E-state index in [9.17, 15) is 58.5 Å². The summed E-state index contributed by atoms with van der Waals surface area (Å²) in [6.45, 7) is 5.14. The maximum atomic E-state index is 15.7. The zero-order valence-electron chi connectivity index (χ0n) is 73.2. The van der Waals surface area contributed by atoms with Crippen molar-refractivity contribution < 1.29 is 92.0 Å². The molecule has 35 nitrogen and oxygen atoms in total. The molecule has 0 radical (unpaired) electrons. The van der Waals surface area contributed by atoms with Crippen LogP contribution in [0.5, 0.6) is 11.5 Å². The van der Waals surface area contributed by atoms with Crippen LogP contribution in [0.1, 0.15) is 93.2 Å². The van der Waals surface area contributed by atoms with E-state index in [-0.39, 0.29) is 86.2 Å². The van der Waals surface area contributed by atoms with Gasteiger partial charge in [-0.15, -0.1) is 23.5 Å². The summed E-state index contributed by atoms with van der Waals surface area (Å²) in [5, 5.41) is 55.6. The number of fused-ring (bicyclic) bond motifs is 2. The third-order valence-corrected chi connectivity index (χ3v) is 24.3. The number of carbonyl (C=O) groups excluding carboxylic acids is 15. The number of benzene rings is 6. The lowest BCUT2D eigenvalue weighted by Gasteiger charge is -2.37. The number of H-pyrrole nitrogens is 1. The van der Waals surface area contributed by atoms with Gasteiger partial charge < -0.3 is 98.4 Å². The Labute approximate surface area is 756 Å². The number of thioether (sulfide) groups is 2. The molecule has 7 aromatic rings. The summed E-state index contributed by atoms with van der Waals surface area (Å²) in [6.07, 6.45) is 0.169. The molecule has 0 saturated carbocycles. The highest BCUT2D eigenvalue weighted by atomic mass is 32.2. The summed E-state index contributed by atoms with van der Waals surface area (Å²) in [6, 6.07) is 26.0. The second-order valence-electron chi connectivity index (χ2n) is 32.6. The number of hydrogen-bond donors (Lipinski definition) is 14. The number of nitrogens with one attached hydrogen (secondary N) is 10. The van der Waals surface area contributed by atoms with Crippen molar-refractivity contribution in [1.82, 2.24) is 77.3 Å². The molecule has 3 heterocycles. The number of rotatable bonds is 22. The minimum absolute atomic E-state index is 0.0486. The average molecular weight is 1810 g/mol. The Bertz CT molecular complexity index is 5110. The number of aliphatic carboxylic acids is 1. The molecular formula is C92H114N16O19S2. The molecule has 0 aliphatic carbocycles. The second kappa shape index (κ2) is 48.0. The number of likely N-dealkylation sites (N-methyl/N-ethyl adjacent to an activating group) is 4. The largest absolute Gasteiger partial charge is 0.508 e. The molecule has 2 fully saturated rings. The van der Waals surface area contributed by atoms with Crippen molar-refractivity contribution in [2.24, 2.45) is 11.7 Å². The maximum absolute atomic E-state index is 15.7. The molecule has 2 aliphatic heterocycles. The molecule has 1 aromatic heterocycles. The number of phenols is 2. The molecule has 37 heteroatoms. The minimum atomic E-state index is -1.89. The number of aromatic nitrogens is 1. The standard InChI is InChI=1S/C92H114N16O19S2/c1-9-10-30-73-92(127)108-53-129-51-76(108)87(122)101-69(46-80(114)115)82(117)96-55(4)88(123)106(7)74(43-57-24-16-12-17-25-57)86(121)102-70(42-60-33-37-63(110)38-34-60)89(124)104(5)49-78(112)97-68(45-61-47-94-65-29-21-20-28-64(61)65)85(120)100-67(40-59-31-35-62(109)36-32-59)84(119)99-66(39-54(2)3)83(118)103-72(81(116)95-48-77(93)111)50-128-52-79(113)98-71(41-56-22-14-11-15-23-56)90(125)107(8)75(91(126)105(73)6)44-58-26-18-13-19-27-58/h11-29,31-38,47,54-55,66-76,94,109-110H,9-10,30,39-46,48-53H2,1-8H3,(H2,93,111)(H,95,116)(H,96,117)(H,97,112)(H,98,113)(H,99,119)(H,100,120)(H,101,122)(H,102,121)(H,103,118)(H,114,115)/t55-,66-,67-,68-,69-,70-,71-,72-,73-,74-,75-,76+/m0/s1. The van der Waals surface area contributed by atoms with E-state index in [2.05, 4.69) is 52.8 Å². The van der Waals surface area contributed by atoms with Crippen LogP contribution in [0, 0.1) is 5.92 Å². The first-order valence-electron chi connectivity index (χ1n) is 42.5. The molecule has 2 saturated heterocycles. The summed E-state index contributed by atoms with van der Waals surface area (Å²) in [7, 11) is 5.30. The number of para-hydroxylation sites is 1. The van der Waals surface area contributed by atoms with Gasteiger partial charge in [0.1, 0.15) is 84.0 Å². The molecule has 15 amide bonds. The Hall–Kier alpha value is -13.3. The number of hydrogen-bond acceptors (Lipinski definition) is 20. The van der Waals surface area contributed by atoms with Crippen LogP contribution in [0.15, 0.2) is 170 Å². The number of aromatic hydroxyl groups is 2. The van der Waals surface area contributed by atoms with Crippen LogP contribution in [0.4, 0.5) is 0 Å². The highest BCUT2D eigenvalue weighted by Crippen LogP contribution is 2.28. The molecule has 0 bridgehead atoms. The van der Waals surface area contributed by atoms with Gasteiger partial charge >= 0.3 is 5.97 Å². The number of carboxylic acid groups (broad SMARTS) is 1. The van der Waals surface area contributed by atoms with Crippen LogP contribution in [0.3, 0.4) is 0 Å². The van der Waals surface area contributed by atoms with E-state index in [1.807, 2.05) is 6.92 Å². The van der Waals surface area contributed by atoms with Gasteiger partial charge in [0.15, 0.2) is 0 Å². The van der Waals surface area contributed by atoms with Crippen molar-refractivity contribution in [3.05, 3.63) is 203 Å². The fourth-order valence-corrected chi connectivity index (χ4v) is 17.2. The predicted molar refractivity (Wildman–Crippen MR) is 483 cm³/mol. The fraction of sp³-hybridized carbons (Fsp3) is 0.413. The van der Waals surface area contributed by atoms with Crippen molar-refractivity contribution >= 4 is 129 Å². The first kappa shape index (κ1) is 99.5. The van der Waals surface area contributed by atoms with E-state index in [1.54, 1.807) is 135 Å². The van der Waals surface area contributed by atoms with Gasteiger partial charge in [0, 0.05) is 95.3 Å². The van der Waals surface area contributed by atoms with Crippen LogP contribution < -0.4 is 53.6 Å². The van der Waals surface area contributed by atoms with E-state index >= 15 is 33.6 Å². The first-order chi connectivity index (χ1) is 61.5. The van der Waals surface area contributed by atoms with Gasteiger partial charge in [-0.3, -0.25) is 76.7 Å². The Morgan fingerprint density at radius 2 is 0.961 bits per heavy atom. The van der Waals surface area contributed by atoms with E-state index in [0.717, 1.165) is 33.3 Å². The molecule has 2 aliphatic rings. The summed E-state index contributed by atoms with van der Waals surface area (Å²) in [4.78, 5) is 244. The van der Waals surface area contributed by atoms with Gasteiger partial charge in [-0.1, -0.05) is 167 Å². The number of phenolic OH excluding ortho intramolecular Hbond substituents is 2. The van der Waals surface area contributed by atoms with Crippen molar-refractivity contribution in [2.75, 3.05) is 64.4 Å². The predicted octanol–water partition coefficient (Wildman–Crippen LogP) is 2.13. The lowest BCUT2D eigenvalue weighted by atomic mass is 9.99. The number of carboxylic acids is 1. The normalized spacial score (nSPS) is 22.9. The summed E-state index contributed by atoms with van der Waals surface area (Å²) in [5.74, 6) is -16.6. The first-order valence-corrected chi connectivity index (χ1v) is 44.8. The minimum Gasteiger partial charge on any atom is -0.508 e. The van der Waals surface area contributed by atoms with Crippen molar-refractivity contribution in [1.29, 1.82) is 0 Å². The molecule has 12 atom stereocenters. The topological polar surface area (TPSA) is 500 Å². The highest BCUT2D eigenvalue weighted by Gasteiger charge is 2.45. The van der Waals surface area contributed by atoms with Gasteiger partial charge in [0.2, 0.25) is 88.6 Å². The third-order valence-electron chi connectivity index (χ3n) is 22.3. The van der Waals surface area contributed by atoms with Crippen LogP contribution in [-0.2, 0) is 115 Å². The smallest absolute Gasteiger partial charge is 0.305 e. The van der Waals surface area contributed by atoms with Gasteiger partial charge in [-0.2, -0.15) is 0 Å². The van der Waals surface area contributed by atoms with E-state index in [0.29, 0.717) is 57.1 Å². The monoisotopic (exact) mass is 1810 g/mol. The second-order valence-corrected chi connectivity index (χ2v) is 34.7. The lowest BCUT2D eigenvalue weighted by molar-refractivity contribution is -0.152. The van der Waals surface area contributed by atoms with Crippen molar-refractivity contribution in [3.63, 3.8) is 0 Å². The Kier molecular flexibility index (Phi) is 37.0. The Balaban J connectivity index is 1.11. The molecule has 129 heavy (non-hydrogen) atoms. The maximum Gasteiger partial charge on any atom is 0.305 e. The van der Waals surface area contributed by atoms with Crippen LogP contribution in [0.25, 0.3) is 10.9 Å². The molecule has 6 aromatic carbocycles. The van der Waals surface area contributed by atoms with Crippen LogP contribution in [-0.4, -0.2) is 276 Å². The van der Waals surface area contributed by atoms with E-state index in [1.165, 1.54) is 98.3 Å². The summed E-state index contributed by atoms with van der Waals surface area (Å²) >= 11 is 2.00. The zero-order chi connectivity index (χ0) is 93.7. The van der Waals surface area contributed by atoms with E-state index < -0.39 is 192 Å². The van der Waals surface area contributed by atoms with Crippen LogP contribution in [0.2, 0.25) is 0 Å². The lowest BCUT2D eigenvalue weighted by Crippen LogP contribution is -2.61. The Morgan fingerprint density at radius 1 is 0.481 bits per heavy atom. The van der Waals surface area contributed by atoms with Crippen molar-refractivity contribution in [3.8, 4) is 11.5 Å². The Morgan fingerprint density at radius 3 is 1.53 bits per heavy atom. The summed E-state index contributed by atoms with van der Waals surface area (Å²) < 4.78 is 0. The van der Waals surface area contributed by atoms with Gasteiger partial charge in [-0.25, -0.2) is 0 Å². The molecule has 15 N–H and O–H groups in total. The average Bonchev–Trinajstić information content (AvgIpc) is 1.37. The number of nitrogens with zero attached hydrogens (tertiary/aromatic N) is 5. The molecule has 688 valence electrons. The number of unbranched alkanes of at least 4 members (excludes halogenated alkanes) is 1. The SMILES string of the molecule is CCCC[C@H]1C(=O)N2CSC[C@@H]2C(=O)N[C@@H](CC(=O)O)C(=O)N[C@@H](C)C(=O)N(C)[C@@H](Cc2ccccc2)C(=O)N[C@@H](Cc2ccc(O)cc2)C(=O)N(C)CC(=O)N[C@@H](Cc2c[nH]c3ccccc23)C(=O)N[C@@H](Cc2ccc(O)cc2)C(=O)N[C@@H](CC(C)C)C(=O)N[C@H](C(=O)NCC(N)=O)CSCC(=O)N[C@@H](Cc2ccccc2)C(=O)N(C)[C@@H](Cc2ccccc2)C(=O)N1C. The highest BCUT2D eigenvalue weighted by molar-refractivity contribution is 8.00. The van der Waals surface area contributed by atoms with E-state index in [4.69, 9.17) is 5.73 Å². The van der Waals surface area contributed by atoms with Crippen molar-refractivity contribution in [2.45, 2.75) is 171 Å². The molecular weight excluding hydrogens is 1700 g/mol. The third kappa shape index (κ3) is 29.1. The molecule has 9 rings (SSSR count). The molecule has 0 spiro atoms. The van der Waals surface area contributed by atoms with Crippen LogP contribution >= 0.6 is 23.5 Å². The number of amides is 15. The number of nitrogens with two attached hydrogens (primary N) is 1.